The maximum Gasteiger partial charge on any atom is 0.184 e. The molecular weight excluding hydrogens is 371 g/mol. The first kappa shape index (κ1) is 17.1. The summed E-state index contributed by atoms with van der Waals surface area (Å²) in [6.45, 7) is 2.06. The maximum atomic E-state index is 14.1. The number of hydrogen-bond acceptors (Lipinski definition) is 7. The van der Waals surface area contributed by atoms with Gasteiger partial charge in [0.15, 0.2) is 17.1 Å². The van der Waals surface area contributed by atoms with E-state index < -0.39 is 5.82 Å². The Balaban J connectivity index is 1.72. The van der Waals surface area contributed by atoms with Gasteiger partial charge in [-0.1, -0.05) is 0 Å². The molecule has 0 atom stereocenters. The van der Waals surface area contributed by atoms with Crippen molar-refractivity contribution in [3.63, 3.8) is 0 Å². The van der Waals surface area contributed by atoms with E-state index in [4.69, 9.17) is 5.73 Å². The number of hydrogen-bond donors (Lipinski definition) is 1. The normalized spacial score (nSPS) is 11.4. The molecule has 0 aromatic carbocycles. The van der Waals surface area contributed by atoms with Crippen LogP contribution in [0, 0.1) is 12.7 Å². The summed E-state index contributed by atoms with van der Waals surface area (Å²) in [5.74, 6) is 0.253. The van der Waals surface area contributed by atoms with E-state index in [0.717, 1.165) is 10.9 Å². The number of nitrogens with two attached hydrogens (primary N) is 1. The molecule has 29 heavy (non-hydrogen) atoms. The zero-order valence-corrected chi connectivity index (χ0v) is 15.4. The second kappa shape index (κ2) is 6.55. The molecule has 0 aliphatic heterocycles. The number of fused-ring (bicyclic) bond motifs is 2. The molecule has 2 N–H and O–H groups in total. The first-order chi connectivity index (χ1) is 14.1. The average Bonchev–Trinajstić information content (AvgIpc) is 3.07. The van der Waals surface area contributed by atoms with Gasteiger partial charge in [0, 0.05) is 18.6 Å². The minimum absolute atomic E-state index is 0.126. The lowest BCUT2D eigenvalue weighted by Crippen LogP contribution is -2.07. The number of nitrogen functional groups attached to an aromatic ring is 1. The number of pyridine rings is 3. The van der Waals surface area contributed by atoms with Gasteiger partial charge in [-0.25, -0.2) is 29.0 Å². The predicted octanol–water partition coefficient (Wildman–Crippen LogP) is 2.91. The predicted molar refractivity (Wildman–Crippen MR) is 106 cm³/mol. The van der Waals surface area contributed by atoms with E-state index in [9.17, 15) is 4.39 Å². The largest absolute Gasteiger partial charge is 0.383 e. The number of rotatable bonds is 3. The molecule has 0 radical (unpaired) electrons. The van der Waals surface area contributed by atoms with Crippen molar-refractivity contribution < 1.29 is 4.39 Å². The smallest absolute Gasteiger partial charge is 0.184 e. The molecule has 5 rings (SSSR count). The van der Waals surface area contributed by atoms with Gasteiger partial charge in [-0.2, -0.15) is 5.10 Å². The highest BCUT2D eigenvalue weighted by Crippen LogP contribution is 2.28. The van der Waals surface area contributed by atoms with Crippen LogP contribution in [-0.2, 0) is 6.54 Å². The van der Waals surface area contributed by atoms with Crippen molar-refractivity contribution in [1.29, 1.82) is 0 Å². The van der Waals surface area contributed by atoms with Gasteiger partial charge < -0.3 is 5.73 Å². The maximum absolute atomic E-state index is 14.1. The lowest BCUT2D eigenvalue weighted by Gasteiger charge is -2.03. The fourth-order valence-corrected chi connectivity index (χ4v) is 3.21. The summed E-state index contributed by atoms with van der Waals surface area (Å²) in [4.78, 5) is 21.8. The highest BCUT2D eigenvalue weighted by atomic mass is 19.1. The summed E-state index contributed by atoms with van der Waals surface area (Å²) in [6, 6.07) is 8.45. The van der Waals surface area contributed by atoms with Crippen molar-refractivity contribution in [2.24, 2.45) is 0 Å². The van der Waals surface area contributed by atoms with Crippen LogP contribution in [0.25, 0.3) is 33.6 Å². The SMILES string of the molecule is Cc1cnc2c(c1)c(-c1nc(N)c3cccnc3n1)nn2Cc1ncccc1F. The first-order valence-electron chi connectivity index (χ1n) is 8.91. The Kier molecular flexibility index (Phi) is 3.87. The van der Waals surface area contributed by atoms with E-state index in [1.807, 2.05) is 19.1 Å². The van der Waals surface area contributed by atoms with Gasteiger partial charge in [0.25, 0.3) is 0 Å². The Morgan fingerprint density at radius 1 is 1.03 bits per heavy atom. The van der Waals surface area contributed by atoms with Crippen LogP contribution >= 0.6 is 0 Å². The zero-order chi connectivity index (χ0) is 20.0. The van der Waals surface area contributed by atoms with Crippen molar-refractivity contribution in [3.05, 3.63) is 66.0 Å². The monoisotopic (exact) mass is 386 g/mol. The molecule has 142 valence electrons. The molecule has 8 nitrogen and oxygen atoms in total. The summed E-state index contributed by atoms with van der Waals surface area (Å²) in [6.07, 6.45) is 4.92. The molecular formula is C20H15FN8. The van der Waals surface area contributed by atoms with E-state index in [1.54, 1.807) is 35.4 Å². The number of aryl methyl sites for hydroxylation is 1. The van der Waals surface area contributed by atoms with Crippen molar-refractivity contribution in [1.82, 2.24) is 34.7 Å². The first-order valence-corrected chi connectivity index (χ1v) is 8.91. The van der Waals surface area contributed by atoms with E-state index in [2.05, 4.69) is 30.0 Å². The van der Waals surface area contributed by atoms with Crippen LogP contribution in [0.1, 0.15) is 11.3 Å². The fourth-order valence-electron chi connectivity index (χ4n) is 3.21. The van der Waals surface area contributed by atoms with Crippen LogP contribution < -0.4 is 5.73 Å². The zero-order valence-electron chi connectivity index (χ0n) is 15.4. The van der Waals surface area contributed by atoms with Gasteiger partial charge in [0.1, 0.15) is 17.3 Å². The quantitative estimate of drug-likeness (QED) is 0.508. The minimum atomic E-state index is -0.403. The average molecular weight is 386 g/mol. The fraction of sp³-hybridized carbons (Fsp3) is 0.100. The van der Waals surface area contributed by atoms with Gasteiger partial charge >= 0.3 is 0 Å². The Morgan fingerprint density at radius 2 is 1.86 bits per heavy atom. The number of aromatic nitrogens is 7. The van der Waals surface area contributed by atoms with Gasteiger partial charge in [0.2, 0.25) is 0 Å². The molecule has 0 fully saturated rings. The summed E-state index contributed by atoms with van der Waals surface area (Å²) in [5, 5.41) is 6.04. The van der Waals surface area contributed by atoms with Crippen LogP contribution in [0.2, 0.25) is 0 Å². The molecule has 0 amide bonds. The highest BCUT2D eigenvalue weighted by molar-refractivity contribution is 5.92. The summed E-state index contributed by atoms with van der Waals surface area (Å²) in [7, 11) is 0. The molecule has 5 aromatic rings. The molecule has 0 saturated heterocycles. The van der Waals surface area contributed by atoms with Crippen molar-refractivity contribution in [2.75, 3.05) is 5.73 Å². The van der Waals surface area contributed by atoms with Gasteiger partial charge in [-0.15, -0.1) is 0 Å². The molecule has 5 aromatic heterocycles. The van der Waals surface area contributed by atoms with E-state index >= 15 is 0 Å². The van der Waals surface area contributed by atoms with Crippen LogP contribution in [0.4, 0.5) is 10.2 Å². The molecule has 0 bridgehead atoms. The molecule has 0 spiro atoms. The molecule has 0 aliphatic rings. The minimum Gasteiger partial charge on any atom is -0.383 e. The Bertz CT molecular complexity index is 1380. The van der Waals surface area contributed by atoms with Crippen LogP contribution in [-0.4, -0.2) is 34.7 Å². The molecule has 0 unspecified atom stereocenters. The van der Waals surface area contributed by atoms with Crippen LogP contribution in [0.15, 0.2) is 48.9 Å². The third kappa shape index (κ3) is 2.92. The summed E-state index contributed by atoms with van der Waals surface area (Å²) >= 11 is 0. The van der Waals surface area contributed by atoms with Crippen molar-refractivity contribution >= 4 is 27.9 Å². The second-order valence-electron chi connectivity index (χ2n) is 6.63. The van der Waals surface area contributed by atoms with Gasteiger partial charge in [-0.05, 0) is 42.8 Å². The molecule has 5 heterocycles. The highest BCUT2D eigenvalue weighted by Gasteiger charge is 2.19. The van der Waals surface area contributed by atoms with Crippen LogP contribution in [0.5, 0.6) is 0 Å². The molecule has 9 heteroatoms. The van der Waals surface area contributed by atoms with E-state index in [1.165, 1.54) is 6.07 Å². The Morgan fingerprint density at radius 3 is 2.72 bits per heavy atom. The third-order valence-electron chi connectivity index (χ3n) is 4.57. The Hall–Kier alpha value is -4.01. The standard InChI is InChI=1S/C20H15FN8/c1-11-8-13-16(19-26-17(22)12-4-2-7-24-18(12)27-19)28-29(20(13)25-9-11)10-15-14(21)5-3-6-23-15/h2-9H,10H2,1H3,(H2,22,24,26,27). The second-order valence-corrected chi connectivity index (χ2v) is 6.63. The molecule has 0 aliphatic carbocycles. The molecule has 0 saturated carbocycles. The number of nitrogens with zero attached hydrogens (tertiary/aromatic N) is 7. The topological polar surface area (TPSA) is 108 Å². The lowest BCUT2D eigenvalue weighted by molar-refractivity contribution is 0.575. The summed E-state index contributed by atoms with van der Waals surface area (Å²) < 4.78 is 15.7. The number of halogens is 1. The Labute approximate surface area is 164 Å². The number of anilines is 1. The van der Waals surface area contributed by atoms with Crippen molar-refractivity contribution in [3.8, 4) is 11.5 Å². The van der Waals surface area contributed by atoms with Crippen LogP contribution in [0.3, 0.4) is 0 Å². The van der Waals surface area contributed by atoms with E-state index in [0.29, 0.717) is 34.0 Å². The third-order valence-corrected chi connectivity index (χ3v) is 4.57. The van der Waals surface area contributed by atoms with Gasteiger partial charge in [-0.3, -0.25) is 4.98 Å². The van der Waals surface area contributed by atoms with E-state index in [-0.39, 0.29) is 12.2 Å². The van der Waals surface area contributed by atoms with Crippen molar-refractivity contribution in [2.45, 2.75) is 13.5 Å². The summed E-state index contributed by atoms with van der Waals surface area (Å²) in [5.41, 5.74) is 8.91. The van der Waals surface area contributed by atoms with Gasteiger partial charge in [0.05, 0.1) is 23.0 Å². The lowest BCUT2D eigenvalue weighted by atomic mass is 10.2.